The predicted octanol–water partition coefficient (Wildman–Crippen LogP) is -1.62. The molecular formula is C8H18N4O2S. The van der Waals surface area contributed by atoms with Gasteiger partial charge in [-0.1, -0.05) is 0 Å². The van der Waals surface area contributed by atoms with Crippen molar-refractivity contribution in [3.63, 3.8) is 0 Å². The van der Waals surface area contributed by atoms with E-state index in [4.69, 9.17) is 11.5 Å². The zero-order valence-corrected chi connectivity index (χ0v) is 9.54. The fourth-order valence-corrected chi connectivity index (χ4v) is 2.84. The molecule has 0 saturated carbocycles. The van der Waals surface area contributed by atoms with Crippen molar-refractivity contribution in [3.05, 3.63) is 0 Å². The van der Waals surface area contributed by atoms with Crippen LogP contribution in [0.3, 0.4) is 0 Å². The summed E-state index contributed by atoms with van der Waals surface area (Å²) in [4.78, 5) is 5.95. The molecule has 1 aliphatic rings. The number of nitrogens with two attached hydrogens (primary N) is 2. The van der Waals surface area contributed by atoms with E-state index < -0.39 is 9.84 Å². The van der Waals surface area contributed by atoms with Gasteiger partial charge in [0, 0.05) is 13.1 Å². The number of aliphatic imine (C=N–C) groups is 1. The van der Waals surface area contributed by atoms with E-state index in [9.17, 15) is 8.42 Å². The number of hydrogen-bond donors (Lipinski definition) is 2. The molecule has 0 aromatic heterocycles. The molecule has 4 N–H and O–H groups in total. The summed E-state index contributed by atoms with van der Waals surface area (Å²) in [5.74, 6) is 0.623. The average molecular weight is 234 g/mol. The summed E-state index contributed by atoms with van der Waals surface area (Å²) >= 11 is 0. The smallest absolute Gasteiger partial charge is 0.185 e. The topological polar surface area (TPSA) is 102 Å². The summed E-state index contributed by atoms with van der Waals surface area (Å²) in [6.07, 6.45) is 0.699. The highest BCUT2D eigenvalue weighted by atomic mass is 32.2. The third-order valence-corrected chi connectivity index (χ3v) is 4.07. The molecular weight excluding hydrogens is 216 g/mol. The molecule has 0 atom stereocenters. The SMILES string of the molecule is NC(N)=NCCN1CCCS(=O)(=O)CC1. The lowest BCUT2D eigenvalue weighted by molar-refractivity contribution is 0.304. The molecule has 1 saturated heterocycles. The van der Waals surface area contributed by atoms with Gasteiger partial charge in [-0.15, -0.1) is 0 Å². The molecule has 15 heavy (non-hydrogen) atoms. The molecule has 1 fully saturated rings. The Hall–Kier alpha value is -0.820. The minimum absolute atomic E-state index is 0.0810. The van der Waals surface area contributed by atoms with E-state index in [2.05, 4.69) is 9.89 Å². The molecule has 1 rings (SSSR count). The Balaban J connectivity index is 2.35. The van der Waals surface area contributed by atoms with Crippen LogP contribution in [0.15, 0.2) is 4.99 Å². The number of sulfone groups is 1. The van der Waals surface area contributed by atoms with Crippen LogP contribution in [0.2, 0.25) is 0 Å². The van der Waals surface area contributed by atoms with Gasteiger partial charge in [0.05, 0.1) is 18.1 Å². The van der Waals surface area contributed by atoms with Gasteiger partial charge in [0.15, 0.2) is 15.8 Å². The van der Waals surface area contributed by atoms with Gasteiger partial charge in [0.25, 0.3) is 0 Å². The Kier molecular flexibility index (Phi) is 4.34. The molecule has 0 aromatic carbocycles. The Morgan fingerprint density at radius 1 is 1.27 bits per heavy atom. The van der Waals surface area contributed by atoms with Crippen molar-refractivity contribution in [2.24, 2.45) is 16.5 Å². The van der Waals surface area contributed by atoms with E-state index in [1.165, 1.54) is 0 Å². The van der Waals surface area contributed by atoms with Crippen molar-refractivity contribution in [1.82, 2.24) is 4.90 Å². The summed E-state index contributed by atoms with van der Waals surface area (Å²) < 4.78 is 22.6. The second-order valence-electron chi connectivity index (χ2n) is 3.65. The molecule has 0 unspecified atom stereocenters. The van der Waals surface area contributed by atoms with Gasteiger partial charge >= 0.3 is 0 Å². The summed E-state index contributed by atoms with van der Waals surface area (Å²) in [5, 5.41) is 0. The van der Waals surface area contributed by atoms with Crippen LogP contribution in [0.5, 0.6) is 0 Å². The number of hydrogen-bond acceptors (Lipinski definition) is 4. The van der Waals surface area contributed by atoms with Crippen LogP contribution in [0.4, 0.5) is 0 Å². The average Bonchev–Trinajstić information content (AvgIpc) is 2.27. The normalized spacial score (nSPS) is 21.9. The van der Waals surface area contributed by atoms with Crippen molar-refractivity contribution in [2.75, 3.05) is 37.7 Å². The first-order valence-electron chi connectivity index (χ1n) is 4.98. The zero-order valence-electron chi connectivity index (χ0n) is 8.72. The molecule has 0 radical (unpaired) electrons. The molecule has 0 aromatic rings. The molecule has 88 valence electrons. The van der Waals surface area contributed by atoms with E-state index in [-0.39, 0.29) is 11.7 Å². The van der Waals surface area contributed by atoms with Crippen molar-refractivity contribution < 1.29 is 8.42 Å². The number of rotatable bonds is 3. The maximum absolute atomic E-state index is 11.3. The minimum atomic E-state index is -2.82. The maximum Gasteiger partial charge on any atom is 0.185 e. The predicted molar refractivity (Wildman–Crippen MR) is 60.4 cm³/mol. The Morgan fingerprint density at radius 2 is 2.00 bits per heavy atom. The first kappa shape index (κ1) is 12.3. The molecule has 1 heterocycles. The maximum atomic E-state index is 11.3. The van der Waals surface area contributed by atoms with Gasteiger partial charge < -0.3 is 16.4 Å². The lowest BCUT2D eigenvalue weighted by Crippen LogP contribution is -2.31. The highest BCUT2D eigenvalue weighted by Crippen LogP contribution is 2.04. The van der Waals surface area contributed by atoms with Crippen LogP contribution in [0, 0.1) is 0 Å². The molecule has 6 nitrogen and oxygen atoms in total. The Labute approximate surface area is 90.2 Å². The molecule has 0 bridgehead atoms. The third-order valence-electron chi connectivity index (χ3n) is 2.36. The van der Waals surface area contributed by atoms with Gasteiger partial charge in [0.1, 0.15) is 0 Å². The van der Waals surface area contributed by atoms with Gasteiger partial charge in [0.2, 0.25) is 0 Å². The first-order chi connectivity index (χ1) is 6.99. The molecule has 7 heteroatoms. The Bertz CT molecular complexity index is 322. The first-order valence-corrected chi connectivity index (χ1v) is 6.80. The number of guanidine groups is 1. The standard InChI is InChI=1S/C8H18N4O2S/c9-8(10)11-2-4-12-3-1-6-15(13,14)7-5-12/h1-7H2,(H4,9,10,11). The van der Waals surface area contributed by atoms with Crippen molar-refractivity contribution >= 4 is 15.8 Å². The van der Waals surface area contributed by atoms with Crippen LogP contribution >= 0.6 is 0 Å². The van der Waals surface area contributed by atoms with Crippen LogP contribution in [0.1, 0.15) is 6.42 Å². The van der Waals surface area contributed by atoms with Crippen LogP contribution < -0.4 is 11.5 Å². The quantitative estimate of drug-likeness (QED) is 0.451. The van der Waals surface area contributed by atoms with E-state index in [1.807, 2.05) is 0 Å². The second kappa shape index (κ2) is 5.32. The summed E-state index contributed by atoms with van der Waals surface area (Å²) in [7, 11) is -2.82. The van der Waals surface area contributed by atoms with Crippen molar-refractivity contribution in [2.45, 2.75) is 6.42 Å². The number of nitrogens with zero attached hydrogens (tertiary/aromatic N) is 2. The van der Waals surface area contributed by atoms with E-state index in [0.717, 1.165) is 6.54 Å². The molecule has 0 aliphatic carbocycles. The second-order valence-corrected chi connectivity index (χ2v) is 5.96. The molecule has 0 amide bonds. The summed E-state index contributed by atoms with van der Waals surface area (Å²) in [6.45, 7) is 2.64. The fourth-order valence-electron chi connectivity index (χ4n) is 1.53. The third kappa shape index (κ3) is 4.98. The minimum Gasteiger partial charge on any atom is -0.370 e. The van der Waals surface area contributed by atoms with Crippen LogP contribution in [0.25, 0.3) is 0 Å². The Morgan fingerprint density at radius 3 is 2.67 bits per heavy atom. The summed E-state index contributed by atoms with van der Waals surface area (Å²) in [5.41, 5.74) is 10.4. The van der Waals surface area contributed by atoms with Crippen molar-refractivity contribution in [1.29, 1.82) is 0 Å². The molecule has 0 spiro atoms. The monoisotopic (exact) mass is 234 g/mol. The lowest BCUT2D eigenvalue weighted by atomic mass is 10.4. The lowest BCUT2D eigenvalue weighted by Gasteiger charge is -2.17. The largest absolute Gasteiger partial charge is 0.370 e. The van der Waals surface area contributed by atoms with Gasteiger partial charge in [-0.05, 0) is 13.0 Å². The van der Waals surface area contributed by atoms with E-state index in [0.29, 0.717) is 31.8 Å². The highest BCUT2D eigenvalue weighted by Gasteiger charge is 2.18. The van der Waals surface area contributed by atoms with Crippen LogP contribution in [-0.2, 0) is 9.84 Å². The zero-order chi connectivity index (χ0) is 11.3. The van der Waals surface area contributed by atoms with Crippen molar-refractivity contribution in [3.8, 4) is 0 Å². The van der Waals surface area contributed by atoms with E-state index >= 15 is 0 Å². The van der Waals surface area contributed by atoms with Crippen LogP contribution in [-0.4, -0.2) is 57.0 Å². The van der Waals surface area contributed by atoms with Gasteiger partial charge in [-0.3, -0.25) is 4.99 Å². The van der Waals surface area contributed by atoms with E-state index in [1.54, 1.807) is 0 Å². The van der Waals surface area contributed by atoms with Gasteiger partial charge in [-0.2, -0.15) is 0 Å². The summed E-state index contributed by atoms with van der Waals surface area (Å²) in [6, 6.07) is 0. The fraction of sp³-hybridized carbons (Fsp3) is 0.875. The molecule has 1 aliphatic heterocycles. The van der Waals surface area contributed by atoms with Gasteiger partial charge in [-0.25, -0.2) is 8.42 Å². The highest BCUT2D eigenvalue weighted by molar-refractivity contribution is 7.91.